The van der Waals surface area contributed by atoms with Crippen LogP contribution in [0.15, 0.2) is 39.5 Å². The molecule has 1 aromatic carbocycles. The van der Waals surface area contributed by atoms with Gasteiger partial charge in [-0.15, -0.1) is 22.7 Å². The summed E-state index contributed by atoms with van der Waals surface area (Å²) in [4.78, 5) is 29.5. The Balaban J connectivity index is 1.27. The van der Waals surface area contributed by atoms with E-state index in [1.54, 1.807) is 34.4 Å². The van der Waals surface area contributed by atoms with Gasteiger partial charge in [-0.1, -0.05) is 0 Å². The number of oxazole rings is 1. The first-order valence-electron chi connectivity index (χ1n) is 13.8. The monoisotopic (exact) mass is 597 g/mol. The van der Waals surface area contributed by atoms with Crippen LogP contribution in [0.5, 0.6) is 0 Å². The third-order valence-corrected chi connectivity index (χ3v) is 9.52. The fourth-order valence-electron chi connectivity index (χ4n) is 4.82. The van der Waals surface area contributed by atoms with Crippen LogP contribution in [0.4, 0.5) is 0 Å². The number of fused-ring (bicyclic) bond motifs is 2. The summed E-state index contributed by atoms with van der Waals surface area (Å²) in [6.07, 6.45) is 1.80. The predicted molar refractivity (Wildman–Crippen MR) is 162 cm³/mol. The molecule has 0 aliphatic carbocycles. The summed E-state index contributed by atoms with van der Waals surface area (Å²) in [5, 5.41) is 15.8. The van der Waals surface area contributed by atoms with Crippen molar-refractivity contribution in [3.05, 3.63) is 45.8 Å². The van der Waals surface area contributed by atoms with Gasteiger partial charge in [0.15, 0.2) is 5.58 Å². The second-order valence-corrected chi connectivity index (χ2v) is 12.5. The first-order chi connectivity index (χ1) is 19.9. The van der Waals surface area contributed by atoms with Crippen molar-refractivity contribution in [3.8, 4) is 16.5 Å². The lowest BCUT2D eigenvalue weighted by atomic mass is 10.1. The molecule has 10 nitrogen and oxygen atoms in total. The lowest BCUT2D eigenvalue weighted by Gasteiger charge is -2.22. The van der Waals surface area contributed by atoms with Gasteiger partial charge in [0, 0.05) is 65.5 Å². The van der Waals surface area contributed by atoms with Gasteiger partial charge in [0.25, 0.3) is 5.91 Å². The zero-order valence-electron chi connectivity index (χ0n) is 23.3. The number of thiophene rings is 2. The van der Waals surface area contributed by atoms with Gasteiger partial charge < -0.3 is 29.4 Å². The largest absolute Gasteiger partial charge is 0.419 e. The molecule has 2 atom stereocenters. The third-order valence-electron chi connectivity index (χ3n) is 7.16. The SMILES string of the molecule is COCCN(C)CCn1c(=O)oc2ccc(-c3cc4sc(CC(C#N)NC(=O)[C@@H]5CNCCCCO5)cc4s3)cc21. The summed E-state index contributed by atoms with van der Waals surface area (Å²) < 4.78 is 20.3. The van der Waals surface area contributed by atoms with E-state index in [1.807, 2.05) is 25.2 Å². The van der Waals surface area contributed by atoms with E-state index in [2.05, 4.69) is 33.7 Å². The Morgan fingerprint density at radius 2 is 2.12 bits per heavy atom. The molecule has 12 heteroatoms. The zero-order valence-corrected chi connectivity index (χ0v) is 24.9. The molecule has 1 amide bonds. The van der Waals surface area contributed by atoms with Crippen molar-refractivity contribution >= 4 is 49.1 Å². The number of carbonyl (C=O) groups is 1. The molecule has 4 aromatic rings. The van der Waals surface area contributed by atoms with Crippen LogP contribution in [0, 0.1) is 11.3 Å². The molecule has 0 saturated carbocycles. The highest BCUT2D eigenvalue weighted by Gasteiger charge is 2.23. The number of hydrogen-bond donors (Lipinski definition) is 2. The molecular weight excluding hydrogens is 562 g/mol. The Labute approximate surface area is 246 Å². The molecular formula is C29H35N5O5S2. The highest BCUT2D eigenvalue weighted by molar-refractivity contribution is 7.29. The smallest absolute Gasteiger partial charge is 0.408 e. The number of hydrogen-bond acceptors (Lipinski definition) is 10. The van der Waals surface area contributed by atoms with Crippen molar-refractivity contribution in [1.29, 1.82) is 5.26 Å². The lowest BCUT2D eigenvalue weighted by Crippen LogP contribution is -2.47. The Morgan fingerprint density at radius 1 is 1.27 bits per heavy atom. The quantitative estimate of drug-likeness (QED) is 0.270. The highest BCUT2D eigenvalue weighted by atomic mass is 32.1. The lowest BCUT2D eigenvalue weighted by molar-refractivity contribution is -0.133. The normalized spacial score (nSPS) is 17.0. The number of carbonyl (C=O) groups excluding carboxylic acids is 1. The average Bonchev–Trinajstić information content (AvgIpc) is 3.60. The number of nitrogens with one attached hydrogen (secondary N) is 2. The summed E-state index contributed by atoms with van der Waals surface area (Å²) in [7, 11) is 3.68. The van der Waals surface area contributed by atoms with Crippen LogP contribution in [0.2, 0.25) is 0 Å². The number of likely N-dealkylation sites (N-methyl/N-ethyl adjacent to an activating group) is 1. The highest BCUT2D eigenvalue weighted by Crippen LogP contribution is 2.39. The molecule has 0 bridgehead atoms. The Hall–Kier alpha value is -3.05. The van der Waals surface area contributed by atoms with Crippen LogP contribution >= 0.6 is 22.7 Å². The minimum absolute atomic E-state index is 0.249. The first kappa shape index (κ1) is 29.4. The fraction of sp³-hybridized carbons (Fsp3) is 0.483. The molecule has 1 unspecified atom stereocenters. The summed E-state index contributed by atoms with van der Waals surface area (Å²) in [5.41, 5.74) is 2.37. The zero-order chi connectivity index (χ0) is 28.8. The van der Waals surface area contributed by atoms with Crippen LogP contribution in [-0.4, -0.2) is 81.1 Å². The number of amides is 1. The van der Waals surface area contributed by atoms with Gasteiger partial charge in [-0.25, -0.2) is 4.79 Å². The molecule has 218 valence electrons. The van der Waals surface area contributed by atoms with E-state index in [9.17, 15) is 14.9 Å². The minimum Gasteiger partial charge on any atom is -0.408 e. The molecule has 2 N–H and O–H groups in total. The van der Waals surface area contributed by atoms with E-state index in [0.717, 1.165) is 56.2 Å². The van der Waals surface area contributed by atoms with Crippen molar-refractivity contribution in [1.82, 2.24) is 20.1 Å². The van der Waals surface area contributed by atoms with Gasteiger partial charge in [0.1, 0.15) is 12.1 Å². The van der Waals surface area contributed by atoms with E-state index in [4.69, 9.17) is 13.9 Å². The number of rotatable bonds is 11. The van der Waals surface area contributed by atoms with Crippen LogP contribution in [-0.2, 0) is 27.2 Å². The molecule has 0 radical (unpaired) electrons. The molecule has 1 aliphatic rings. The maximum Gasteiger partial charge on any atom is 0.419 e. The molecule has 3 aromatic heterocycles. The maximum absolute atomic E-state index is 12.7. The second-order valence-electron chi connectivity index (χ2n) is 10.2. The summed E-state index contributed by atoms with van der Waals surface area (Å²) >= 11 is 3.30. The molecule has 5 rings (SSSR count). The topological polar surface area (TPSA) is 122 Å². The standard InChI is InChI=1S/C29H35N5O5S2/c1-33(10-12-37-2)8-9-34-22-13-19(5-6-23(22)39-29(34)36)25-16-27-26(41-25)15-21(40-27)14-20(17-30)32-28(35)24-18-31-7-3-4-11-38-24/h5-6,13,15-16,20,24,31H,3-4,7-12,14,18H2,1-2H3,(H,32,35)/t20?,24-/m0/s1. The number of benzene rings is 1. The molecule has 4 heterocycles. The number of ether oxygens (including phenoxy) is 2. The molecule has 0 spiro atoms. The van der Waals surface area contributed by atoms with Crippen molar-refractivity contribution in [2.24, 2.45) is 0 Å². The van der Waals surface area contributed by atoms with Crippen LogP contribution in [0.3, 0.4) is 0 Å². The van der Waals surface area contributed by atoms with Crippen molar-refractivity contribution in [2.45, 2.75) is 38.0 Å². The Kier molecular flexibility index (Phi) is 9.87. The molecule has 1 saturated heterocycles. The average molecular weight is 598 g/mol. The van der Waals surface area contributed by atoms with Gasteiger partial charge in [-0.3, -0.25) is 9.36 Å². The Morgan fingerprint density at radius 3 is 2.93 bits per heavy atom. The van der Waals surface area contributed by atoms with Gasteiger partial charge in [0.2, 0.25) is 0 Å². The van der Waals surface area contributed by atoms with Gasteiger partial charge >= 0.3 is 5.76 Å². The molecule has 1 aliphatic heterocycles. The summed E-state index contributed by atoms with van der Waals surface area (Å²) in [6.45, 7) is 4.52. The van der Waals surface area contributed by atoms with Crippen LogP contribution in [0.1, 0.15) is 17.7 Å². The Bertz CT molecular complexity index is 1540. The minimum atomic E-state index is -0.627. The van der Waals surface area contributed by atoms with E-state index in [-0.39, 0.29) is 11.7 Å². The van der Waals surface area contributed by atoms with E-state index < -0.39 is 12.1 Å². The number of nitriles is 1. The van der Waals surface area contributed by atoms with Crippen molar-refractivity contribution < 1.29 is 18.7 Å². The second kappa shape index (κ2) is 13.7. The van der Waals surface area contributed by atoms with Gasteiger partial charge in [0.05, 0.1) is 18.2 Å². The first-order valence-corrected chi connectivity index (χ1v) is 15.4. The van der Waals surface area contributed by atoms with Gasteiger partial charge in [-0.2, -0.15) is 5.26 Å². The maximum atomic E-state index is 12.7. The fourth-order valence-corrected chi connectivity index (χ4v) is 7.28. The number of methoxy groups -OCH3 is 1. The van der Waals surface area contributed by atoms with Crippen molar-refractivity contribution in [2.75, 3.05) is 53.6 Å². The molecule has 1 fully saturated rings. The van der Waals surface area contributed by atoms with Crippen LogP contribution < -0.4 is 16.4 Å². The van der Waals surface area contributed by atoms with E-state index in [0.29, 0.717) is 44.9 Å². The molecule has 41 heavy (non-hydrogen) atoms. The summed E-state index contributed by atoms with van der Waals surface area (Å²) in [6, 6.07) is 11.7. The van der Waals surface area contributed by atoms with Gasteiger partial charge in [-0.05, 0) is 62.3 Å². The van der Waals surface area contributed by atoms with Crippen molar-refractivity contribution in [3.63, 3.8) is 0 Å². The van der Waals surface area contributed by atoms with E-state index in [1.165, 1.54) is 0 Å². The van der Waals surface area contributed by atoms with E-state index >= 15 is 0 Å². The third kappa shape index (κ3) is 7.24. The predicted octanol–water partition coefficient (Wildman–Crippen LogP) is 3.44. The summed E-state index contributed by atoms with van der Waals surface area (Å²) in [5.74, 6) is -0.605. The van der Waals surface area contributed by atoms with Crippen LogP contribution in [0.25, 0.3) is 30.9 Å². The number of aromatic nitrogens is 1. The number of nitrogens with zero attached hydrogens (tertiary/aromatic N) is 3.